The Kier molecular flexibility index (Phi) is 2.35. The first-order chi connectivity index (χ1) is 6.25. The predicted molar refractivity (Wildman–Crippen MR) is 53.3 cm³/mol. The van der Waals surface area contributed by atoms with Crippen LogP contribution in [0, 0.1) is 17.0 Å². The molecule has 0 aromatic carbocycles. The van der Waals surface area contributed by atoms with Crippen molar-refractivity contribution >= 4 is 5.69 Å². The van der Waals surface area contributed by atoms with Crippen molar-refractivity contribution < 1.29 is 4.92 Å². The summed E-state index contributed by atoms with van der Waals surface area (Å²) in [4.78, 5) is 10.5. The number of nitrogens with zero attached hydrogens (tertiary/aromatic N) is 3. The van der Waals surface area contributed by atoms with E-state index in [-0.39, 0.29) is 16.0 Å². The zero-order chi connectivity index (χ0) is 11.1. The van der Waals surface area contributed by atoms with E-state index in [0.29, 0.717) is 11.4 Å². The lowest BCUT2D eigenvalue weighted by atomic mass is 9.90. The highest BCUT2D eigenvalue weighted by molar-refractivity contribution is 5.44. The first-order valence-corrected chi connectivity index (χ1v) is 4.43. The van der Waals surface area contributed by atoms with Crippen molar-refractivity contribution in [3.63, 3.8) is 0 Å². The third-order valence-electron chi connectivity index (χ3n) is 2.08. The lowest BCUT2D eigenvalue weighted by Crippen LogP contribution is -2.18. The van der Waals surface area contributed by atoms with E-state index in [1.165, 1.54) is 0 Å². The second-order valence-electron chi connectivity index (χ2n) is 4.41. The van der Waals surface area contributed by atoms with Gasteiger partial charge in [0.05, 0.1) is 4.92 Å². The highest BCUT2D eigenvalue weighted by Crippen LogP contribution is 2.32. The van der Waals surface area contributed by atoms with Crippen molar-refractivity contribution in [1.29, 1.82) is 0 Å². The Bertz CT molecular complexity index is 374. The molecule has 0 radical (unpaired) electrons. The summed E-state index contributed by atoms with van der Waals surface area (Å²) in [5, 5.41) is 14.9. The number of hydrogen-bond acceptors (Lipinski definition) is 3. The monoisotopic (exact) mass is 197 g/mol. The maximum Gasteiger partial charge on any atom is 0.313 e. The van der Waals surface area contributed by atoms with Crippen LogP contribution in [-0.2, 0) is 12.5 Å². The number of aryl methyl sites for hydroxylation is 2. The minimum Gasteiger partial charge on any atom is -0.265 e. The van der Waals surface area contributed by atoms with Crippen LogP contribution in [0.5, 0.6) is 0 Å². The van der Waals surface area contributed by atoms with Gasteiger partial charge in [-0.1, -0.05) is 20.8 Å². The van der Waals surface area contributed by atoms with E-state index in [2.05, 4.69) is 5.10 Å². The minimum atomic E-state index is -0.358. The molecule has 0 N–H and O–H groups in total. The maximum absolute atomic E-state index is 10.9. The van der Waals surface area contributed by atoms with Crippen molar-refractivity contribution in [2.75, 3.05) is 0 Å². The second kappa shape index (κ2) is 3.08. The summed E-state index contributed by atoms with van der Waals surface area (Å²) in [6.07, 6.45) is 0. The summed E-state index contributed by atoms with van der Waals surface area (Å²) in [5.74, 6) is 0. The van der Waals surface area contributed by atoms with E-state index in [4.69, 9.17) is 0 Å². The van der Waals surface area contributed by atoms with Crippen molar-refractivity contribution in [1.82, 2.24) is 9.78 Å². The Morgan fingerprint density at radius 1 is 1.43 bits per heavy atom. The molecule has 0 unspecified atom stereocenters. The van der Waals surface area contributed by atoms with Crippen molar-refractivity contribution in [2.24, 2.45) is 7.05 Å². The topological polar surface area (TPSA) is 61.0 Å². The SMILES string of the molecule is Cc1nn(C)c(C(C)(C)C)c1[N+](=O)[O-]. The van der Waals surface area contributed by atoms with E-state index < -0.39 is 0 Å². The van der Waals surface area contributed by atoms with Crippen LogP contribution in [-0.4, -0.2) is 14.7 Å². The molecule has 0 atom stereocenters. The van der Waals surface area contributed by atoms with Crippen molar-refractivity contribution in [2.45, 2.75) is 33.1 Å². The lowest BCUT2D eigenvalue weighted by molar-refractivity contribution is -0.386. The quantitative estimate of drug-likeness (QED) is 0.510. The molecule has 0 aliphatic rings. The summed E-state index contributed by atoms with van der Waals surface area (Å²) in [6.45, 7) is 7.48. The molecule has 1 aromatic heterocycles. The standard InChI is InChI=1S/C9H15N3O2/c1-6-7(12(13)14)8(9(2,3)4)11(5)10-6/h1-5H3. The Morgan fingerprint density at radius 3 is 2.21 bits per heavy atom. The average Bonchev–Trinajstić information content (AvgIpc) is 2.23. The fraction of sp³-hybridized carbons (Fsp3) is 0.667. The largest absolute Gasteiger partial charge is 0.313 e. The smallest absolute Gasteiger partial charge is 0.265 e. The van der Waals surface area contributed by atoms with Crippen LogP contribution in [0.25, 0.3) is 0 Å². The molecule has 0 saturated carbocycles. The summed E-state index contributed by atoms with van der Waals surface area (Å²) in [5.41, 5.74) is 1.01. The Hall–Kier alpha value is -1.39. The highest BCUT2D eigenvalue weighted by Gasteiger charge is 2.31. The van der Waals surface area contributed by atoms with E-state index in [0.717, 1.165) is 0 Å². The van der Waals surface area contributed by atoms with Gasteiger partial charge in [0.25, 0.3) is 0 Å². The van der Waals surface area contributed by atoms with E-state index >= 15 is 0 Å². The number of hydrogen-bond donors (Lipinski definition) is 0. The van der Waals surface area contributed by atoms with Gasteiger partial charge < -0.3 is 0 Å². The molecule has 78 valence electrons. The fourth-order valence-electron chi connectivity index (χ4n) is 1.71. The number of aromatic nitrogens is 2. The third kappa shape index (κ3) is 1.62. The van der Waals surface area contributed by atoms with Crippen LogP contribution in [0.1, 0.15) is 32.2 Å². The van der Waals surface area contributed by atoms with Gasteiger partial charge in [0.1, 0.15) is 11.4 Å². The zero-order valence-corrected chi connectivity index (χ0v) is 9.16. The average molecular weight is 197 g/mol. The zero-order valence-electron chi connectivity index (χ0n) is 9.16. The van der Waals surface area contributed by atoms with Gasteiger partial charge in [0, 0.05) is 12.5 Å². The molecule has 1 rings (SSSR count). The van der Waals surface area contributed by atoms with Crippen molar-refractivity contribution in [3.8, 4) is 0 Å². The summed E-state index contributed by atoms with van der Waals surface area (Å²) < 4.78 is 1.59. The molecule has 1 aromatic rings. The van der Waals surface area contributed by atoms with Gasteiger partial charge in [0.15, 0.2) is 0 Å². The summed E-state index contributed by atoms with van der Waals surface area (Å²) in [6, 6.07) is 0. The van der Waals surface area contributed by atoms with Crippen LogP contribution >= 0.6 is 0 Å². The minimum absolute atomic E-state index is 0.139. The molecule has 0 saturated heterocycles. The molecule has 0 spiro atoms. The van der Waals surface area contributed by atoms with E-state index in [1.807, 2.05) is 20.8 Å². The molecular weight excluding hydrogens is 182 g/mol. The molecule has 5 nitrogen and oxygen atoms in total. The van der Waals surface area contributed by atoms with Crippen LogP contribution in [0.4, 0.5) is 5.69 Å². The molecule has 0 amide bonds. The molecule has 0 fully saturated rings. The third-order valence-corrected chi connectivity index (χ3v) is 2.08. The molecule has 5 heteroatoms. The maximum atomic E-state index is 10.9. The molecule has 1 heterocycles. The van der Waals surface area contributed by atoms with Gasteiger partial charge in [-0.2, -0.15) is 5.10 Å². The highest BCUT2D eigenvalue weighted by atomic mass is 16.6. The fourth-order valence-corrected chi connectivity index (χ4v) is 1.71. The second-order valence-corrected chi connectivity index (χ2v) is 4.41. The predicted octanol–water partition coefficient (Wildman–Crippen LogP) is 1.93. The number of nitro groups is 1. The van der Waals surface area contributed by atoms with Crippen molar-refractivity contribution in [3.05, 3.63) is 21.5 Å². The molecule has 0 aliphatic carbocycles. The van der Waals surface area contributed by atoms with E-state index in [1.54, 1.807) is 18.7 Å². The molecule has 0 bridgehead atoms. The summed E-state index contributed by atoms with van der Waals surface area (Å²) >= 11 is 0. The van der Waals surface area contributed by atoms with Gasteiger partial charge in [-0.05, 0) is 6.92 Å². The Balaban J connectivity index is 3.48. The lowest BCUT2D eigenvalue weighted by Gasteiger charge is -2.17. The Morgan fingerprint density at radius 2 is 1.93 bits per heavy atom. The molecule has 0 aliphatic heterocycles. The van der Waals surface area contributed by atoms with Gasteiger partial charge in [-0.25, -0.2) is 0 Å². The van der Waals surface area contributed by atoms with Gasteiger partial charge in [-0.15, -0.1) is 0 Å². The Labute approximate surface area is 82.9 Å². The van der Waals surface area contributed by atoms with Crippen LogP contribution < -0.4 is 0 Å². The van der Waals surface area contributed by atoms with Gasteiger partial charge in [0.2, 0.25) is 0 Å². The van der Waals surface area contributed by atoms with Crippen LogP contribution in [0.2, 0.25) is 0 Å². The first-order valence-electron chi connectivity index (χ1n) is 4.43. The molecular formula is C9H15N3O2. The van der Waals surface area contributed by atoms with Gasteiger partial charge >= 0.3 is 5.69 Å². The first kappa shape index (κ1) is 10.7. The molecule has 14 heavy (non-hydrogen) atoms. The number of rotatable bonds is 1. The van der Waals surface area contributed by atoms with E-state index in [9.17, 15) is 10.1 Å². The van der Waals surface area contributed by atoms with Gasteiger partial charge in [-0.3, -0.25) is 14.8 Å². The normalized spacial score (nSPS) is 11.8. The van der Waals surface area contributed by atoms with Crippen LogP contribution in [0.15, 0.2) is 0 Å². The van der Waals surface area contributed by atoms with Crippen LogP contribution in [0.3, 0.4) is 0 Å². The summed E-state index contributed by atoms with van der Waals surface area (Å²) in [7, 11) is 1.74.